The molecule has 1 aliphatic heterocycles. The first kappa shape index (κ1) is 10.9. The number of hydrogen-bond donors (Lipinski definition) is 2. The van der Waals surface area contributed by atoms with Gasteiger partial charge in [-0.25, -0.2) is 0 Å². The molecule has 0 aromatic carbocycles. The van der Waals surface area contributed by atoms with Gasteiger partial charge in [0.15, 0.2) is 0 Å². The van der Waals surface area contributed by atoms with Gasteiger partial charge in [-0.3, -0.25) is 9.59 Å². The molecular weight excluding hydrogens is 186 g/mol. The first-order valence-electron chi connectivity index (χ1n) is 4.44. The van der Waals surface area contributed by atoms with Crippen LogP contribution in [0.1, 0.15) is 0 Å². The Kier molecular flexibility index (Phi) is 3.43. The molecule has 1 unspecified atom stereocenters. The highest BCUT2D eigenvalue weighted by Crippen LogP contribution is 2.03. The topological polar surface area (TPSA) is 86.9 Å². The van der Waals surface area contributed by atoms with Gasteiger partial charge in [-0.1, -0.05) is 0 Å². The Morgan fingerprint density at radius 2 is 2.07 bits per heavy atom. The molecule has 1 saturated heterocycles. The Balaban J connectivity index is 2.53. The van der Waals surface area contributed by atoms with E-state index in [0.29, 0.717) is 0 Å². The van der Waals surface area contributed by atoms with E-state index in [1.165, 1.54) is 9.80 Å². The molecule has 0 spiro atoms. The van der Waals surface area contributed by atoms with Crippen LogP contribution in [0.2, 0.25) is 0 Å². The number of likely N-dealkylation sites (N-methyl/N-ethyl adjacent to an activating group) is 1. The maximum Gasteiger partial charge on any atom is 0.242 e. The van der Waals surface area contributed by atoms with Crippen molar-refractivity contribution in [2.45, 2.75) is 6.10 Å². The van der Waals surface area contributed by atoms with Gasteiger partial charge < -0.3 is 20.6 Å². The van der Waals surface area contributed by atoms with Crippen LogP contribution in [0.5, 0.6) is 0 Å². The van der Waals surface area contributed by atoms with Crippen molar-refractivity contribution in [3.63, 3.8) is 0 Å². The molecule has 2 amide bonds. The summed E-state index contributed by atoms with van der Waals surface area (Å²) < 4.78 is 0. The normalized spacial score (nSPS) is 20.2. The van der Waals surface area contributed by atoms with Crippen molar-refractivity contribution in [1.29, 1.82) is 0 Å². The second-order valence-corrected chi connectivity index (χ2v) is 3.41. The largest absolute Gasteiger partial charge is 0.390 e. The molecule has 1 rings (SSSR count). The Morgan fingerprint density at radius 3 is 2.64 bits per heavy atom. The number of carbonyl (C=O) groups excluding carboxylic acids is 2. The number of carbonyl (C=O) groups is 2. The summed E-state index contributed by atoms with van der Waals surface area (Å²) >= 11 is 0. The van der Waals surface area contributed by atoms with E-state index in [1.54, 1.807) is 7.05 Å². The molecule has 1 aliphatic rings. The quantitative estimate of drug-likeness (QED) is 0.533. The van der Waals surface area contributed by atoms with E-state index < -0.39 is 6.10 Å². The van der Waals surface area contributed by atoms with Crippen LogP contribution in [-0.4, -0.2) is 66.1 Å². The van der Waals surface area contributed by atoms with E-state index in [9.17, 15) is 14.7 Å². The maximum absolute atomic E-state index is 11.4. The number of aliphatic hydroxyl groups is 1. The van der Waals surface area contributed by atoms with Crippen molar-refractivity contribution < 1.29 is 14.7 Å². The van der Waals surface area contributed by atoms with Crippen molar-refractivity contribution >= 4 is 11.8 Å². The van der Waals surface area contributed by atoms with Crippen LogP contribution in [-0.2, 0) is 9.59 Å². The van der Waals surface area contributed by atoms with E-state index in [-0.39, 0.29) is 38.0 Å². The van der Waals surface area contributed by atoms with E-state index in [4.69, 9.17) is 5.73 Å². The summed E-state index contributed by atoms with van der Waals surface area (Å²) in [6.07, 6.45) is -0.754. The van der Waals surface area contributed by atoms with Gasteiger partial charge >= 0.3 is 0 Å². The lowest BCUT2D eigenvalue weighted by Gasteiger charge is -2.32. The minimum Gasteiger partial charge on any atom is -0.390 e. The van der Waals surface area contributed by atoms with E-state index in [0.717, 1.165) is 0 Å². The van der Waals surface area contributed by atoms with E-state index in [1.807, 2.05) is 0 Å². The van der Waals surface area contributed by atoms with Crippen molar-refractivity contribution in [1.82, 2.24) is 9.80 Å². The Bertz CT molecular complexity index is 244. The van der Waals surface area contributed by atoms with Crippen LogP contribution < -0.4 is 5.73 Å². The number of β-amino-alcohol motifs (C(OH)–C–C–N with tert-alkyl or cyclic N) is 1. The lowest BCUT2D eigenvalue weighted by molar-refractivity contribution is -0.149. The highest BCUT2D eigenvalue weighted by molar-refractivity contribution is 5.92. The summed E-state index contributed by atoms with van der Waals surface area (Å²) in [5, 5.41) is 9.24. The van der Waals surface area contributed by atoms with Gasteiger partial charge in [0, 0.05) is 20.1 Å². The number of nitrogens with zero attached hydrogens (tertiary/aromatic N) is 2. The minimum atomic E-state index is -0.754. The molecule has 0 saturated carbocycles. The van der Waals surface area contributed by atoms with Crippen LogP contribution in [0.4, 0.5) is 0 Å². The average molecular weight is 201 g/mol. The number of aliphatic hydroxyl groups excluding tert-OH is 1. The van der Waals surface area contributed by atoms with Crippen LogP contribution in [0.15, 0.2) is 0 Å². The summed E-state index contributed by atoms with van der Waals surface area (Å²) in [5.74, 6) is -0.270. The second kappa shape index (κ2) is 4.39. The minimum absolute atomic E-state index is 0.0341. The molecule has 3 N–H and O–H groups in total. The number of amides is 2. The number of hydrogen-bond acceptors (Lipinski definition) is 4. The van der Waals surface area contributed by atoms with Gasteiger partial charge in [0.25, 0.3) is 0 Å². The number of piperazine rings is 1. The van der Waals surface area contributed by atoms with Gasteiger partial charge in [-0.2, -0.15) is 0 Å². The molecule has 14 heavy (non-hydrogen) atoms. The Morgan fingerprint density at radius 1 is 1.43 bits per heavy atom. The summed E-state index contributed by atoms with van der Waals surface area (Å²) in [6, 6.07) is 0. The number of rotatable bonds is 3. The Hall–Kier alpha value is -1.14. The molecule has 0 bridgehead atoms. The standard InChI is InChI=1S/C8H15N3O3/c1-10-4-8(14)11(5-7(10)13)3-6(12)2-9/h6,12H,2-5,9H2,1H3. The third-order valence-electron chi connectivity index (χ3n) is 2.18. The lowest BCUT2D eigenvalue weighted by atomic mass is 10.2. The zero-order valence-electron chi connectivity index (χ0n) is 8.14. The molecule has 80 valence electrons. The van der Waals surface area contributed by atoms with Crippen molar-refractivity contribution in [3.8, 4) is 0 Å². The van der Waals surface area contributed by atoms with Crippen LogP contribution >= 0.6 is 0 Å². The average Bonchev–Trinajstić information content (AvgIpc) is 2.14. The lowest BCUT2D eigenvalue weighted by Crippen LogP contribution is -2.54. The molecule has 1 heterocycles. The highest BCUT2D eigenvalue weighted by Gasteiger charge is 2.28. The fourth-order valence-electron chi connectivity index (χ4n) is 1.26. The predicted octanol–water partition coefficient (Wildman–Crippen LogP) is -2.39. The van der Waals surface area contributed by atoms with E-state index >= 15 is 0 Å². The molecular formula is C8H15N3O3. The van der Waals surface area contributed by atoms with Crippen LogP contribution in [0.3, 0.4) is 0 Å². The molecule has 1 atom stereocenters. The predicted molar refractivity (Wildman–Crippen MR) is 49.3 cm³/mol. The number of nitrogens with two attached hydrogens (primary N) is 1. The fraction of sp³-hybridized carbons (Fsp3) is 0.750. The molecule has 0 aromatic rings. The first-order valence-corrected chi connectivity index (χ1v) is 4.44. The summed E-state index contributed by atoms with van der Waals surface area (Å²) in [5.41, 5.74) is 5.21. The van der Waals surface area contributed by atoms with Gasteiger partial charge in [-0.05, 0) is 0 Å². The van der Waals surface area contributed by atoms with Crippen molar-refractivity contribution in [2.24, 2.45) is 5.73 Å². The van der Waals surface area contributed by atoms with Gasteiger partial charge in [0.2, 0.25) is 11.8 Å². The SMILES string of the molecule is CN1CC(=O)N(CC(O)CN)CC1=O. The van der Waals surface area contributed by atoms with Gasteiger partial charge in [0.05, 0.1) is 19.2 Å². The third-order valence-corrected chi connectivity index (χ3v) is 2.18. The van der Waals surface area contributed by atoms with Crippen LogP contribution in [0, 0.1) is 0 Å². The van der Waals surface area contributed by atoms with Gasteiger partial charge in [-0.15, -0.1) is 0 Å². The fourth-order valence-corrected chi connectivity index (χ4v) is 1.26. The van der Waals surface area contributed by atoms with Crippen molar-refractivity contribution in [2.75, 3.05) is 33.2 Å². The monoisotopic (exact) mass is 201 g/mol. The Labute approximate surface area is 82.3 Å². The zero-order valence-corrected chi connectivity index (χ0v) is 8.14. The summed E-state index contributed by atoms with van der Waals surface area (Å²) in [7, 11) is 1.58. The smallest absolute Gasteiger partial charge is 0.242 e. The molecule has 0 aromatic heterocycles. The molecule has 1 fully saturated rings. The first-order chi connectivity index (χ1) is 6.54. The second-order valence-electron chi connectivity index (χ2n) is 3.41. The molecule has 6 heteroatoms. The molecule has 6 nitrogen and oxygen atoms in total. The van der Waals surface area contributed by atoms with Gasteiger partial charge in [0.1, 0.15) is 0 Å². The maximum atomic E-state index is 11.4. The summed E-state index contributed by atoms with van der Waals surface area (Å²) in [6.45, 7) is 0.339. The molecule has 0 radical (unpaired) electrons. The molecule has 0 aliphatic carbocycles. The van der Waals surface area contributed by atoms with Crippen LogP contribution in [0.25, 0.3) is 0 Å². The van der Waals surface area contributed by atoms with E-state index in [2.05, 4.69) is 0 Å². The third kappa shape index (κ3) is 2.43. The summed E-state index contributed by atoms with van der Waals surface area (Å²) in [4.78, 5) is 25.3. The van der Waals surface area contributed by atoms with Crippen molar-refractivity contribution in [3.05, 3.63) is 0 Å². The zero-order chi connectivity index (χ0) is 10.7. The highest BCUT2D eigenvalue weighted by atomic mass is 16.3.